The maximum Gasteiger partial charge on any atom is 0.00000506 e. The van der Waals surface area contributed by atoms with Crippen molar-refractivity contribution in [3.05, 3.63) is 12.2 Å². The molecule has 0 saturated heterocycles. The molecule has 2 atom stereocenters. The SMILES string of the molecule is CP(C)CC1CC=C[C@@H]1P(C)C. The first-order chi connectivity index (χ1) is 5.61. The molecule has 0 heterocycles. The lowest BCUT2D eigenvalue weighted by atomic mass is 10.1. The third-order valence-electron chi connectivity index (χ3n) is 2.45. The Balaban J connectivity index is 2.45. The van der Waals surface area contributed by atoms with Crippen molar-refractivity contribution >= 4 is 15.8 Å². The van der Waals surface area contributed by atoms with E-state index < -0.39 is 0 Å². The molecule has 1 aliphatic carbocycles. The van der Waals surface area contributed by atoms with Crippen LogP contribution in [0.25, 0.3) is 0 Å². The van der Waals surface area contributed by atoms with Crippen LogP contribution in [0.4, 0.5) is 0 Å². The molecule has 0 N–H and O–H groups in total. The summed E-state index contributed by atoms with van der Waals surface area (Å²) in [4.78, 5) is 0. The summed E-state index contributed by atoms with van der Waals surface area (Å²) in [7, 11) is 0.560. The van der Waals surface area contributed by atoms with Crippen LogP contribution in [0.1, 0.15) is 6.42 Å². The fourth-order valence-corrected chi connectivity index (χ4v) is 4.95. The molecule has 0 saturated carbocycles. The highest BCUT2D eigenvalue weighted by Gasteiger charge is 2.25. The van der Waals surface area contributed by atoms with Gasteiger partial charge in [0.05, 0.1) is 0 Å². The van der Waals surface area contributed by atoms with E-state index >= 15 is 0 Å². The Morgan fingerprint density at radius 2 is 1.92 bits per heavy atom. The minimum absolute atomic E-state index is 0.252. The highest BCUT2D eigenvalue weighted by atomic mass is 31.1. The third-order valence-corrected chi connectivity index (χ3v) is 5.44. The average Bonchev–Trinajstić information content (AvgIpc) is 2.33. The molecule has 0 aliphatic heterocycles. The molecule has 2 heteroatoms. The summed E-state index contributed by atoms with van der Waals surface area (Å²) in [5, 5.41) is 0. The predicted molar refractivity (Wildman–Crippen MR) is 63.4 cm³/mol. The van der Waals surface area contributed by atoms with Crippen molar-refractivity contribution in [1.29, 1.82) is 0 Å². The molecule has 0 aromatic heterocycles. The zero-order valence-corrected chi connectivity index (χ0v) is 10.4. The number of hydrogen-bond donors (Lipinski definition) is 0. The van der Waals surface area contributed by atoms with E-state index in [1.807, 2.05) is 0 Å². The van der Waals surface area contributed by atoms with E-state index in [0.717, 1.165) is 11.6 Å². The zero-order valence-electron chi connectivity index (χ0n) is 8.62. The maximum atomic E-state index is 2.47. The molecule has 0 aromatic rings. The Morgan fingerprint density at radius 3 is 2.42 bits per heavy atom. The van der Waals surface area contributed by atoms with E-state index in [9.17, 15) is 0 Å². The first-order valence-corrected chi connectivity index (χ1v) is 9.31. The van der Waals surface area contributed by atoms with E-state index in [2.05, 4.69) is 38.8 Å². The van der Waals surface area contributed by atoms with Crippen molar-refractivity contribution in [1.82, 2.24) is 0 Å². The van der Waals surface area contributed by atoms with Crippen LogP contribution >= 0.6 is 15.8 Å². The fourth-order valence-electron chi connectivity index (χ4n) is 1.93. The maximum absolute atomic E-state index is 2.47. The highest BCUT2D eigenvalue weighted by molar-refractivity contribution is 7.57. The molecule has 0 aromatic carbocycles. The van der Waals surface area contributed by atoms with Gasteiger partial charge in [0, 0.05) is 5.66 Å². The molecule has 1 rings (SSSR count). The van der Waals surface area contributed by atoms with Crippen LogP contribution in [0.5, 0.6) is 0 Å². The van der Waals surface area contributed by atoms with Crippen molar-refractivity contribution in [3.63, 3.8) is 0 Å². The van der Waals surface area contributed by atoms with Crippen molar-refractivity contribution in [2.45, 2.75) is 12.1 Å². The Labute approximate surface area is 79.3 Å². The molecule has 0 amide bonds. The predicted octanol–water partition coefficient (Wildman–Crippen LogP) is 3.41. The second-order valence-electron chi connectivity index (χ2n) is 4.14. The topological polar surface area (TPSA) is 0 Å². The zero-order chi connectivity index (χ0) is 9.14. The van der Waals surface area contributed by atoms with Crippen molar-refractivity contribution in [2.75, 3.05) is 32.8 Å². The van der Waals surface area contributed by atoms with Crippen molar-refractivity contribution in [2.24, 2.45) is 5.92 Å². The monoisotopic (exact) mass is 202 g/mol. The first-order valence-electron chi connectivity index (χ1n) is 4.59. The van der Waals surface area contributed by atoms with Crippen molar-refractivity contribution in [3.8, 4) is 0 Å². The van der Waals surface area contributed by atoms with Crippen LogP contribution in [-0.2, 0) is 0 Å². The van der Waals surface area contributed by atoms with Gasteiger partial charge in [0.2, 0.25) is 0 Å². The molecule has 1 aliphatic rings. The second-order valence-corrected chi connectivity index (χ2v) is 9.19. The van der Waals surface area contributed by atoms with E-state index in [-0.39, 0.29) is 7.92 Å². The Bertz CT molecular complexity index is 161. The summed E-state index contributed by atoms with van der Waals surface area (Å²) in [5.74, 6) is 0.993. The Hall–Kier alpha value is 0.600. The van der Waals surface area contributed by atoms with Gasteiger partial charge in [-0.2, -0.15) is 0 Å². The molecular formula is C10H20P2. The molecule has 1 unspecified atom stereocenters. The number of rotatable bonds is 3. The van der Waals surface area contributed by atoms with Gasteiger partial charge in [-0.15, -0.1) is 15.8 Å². The van der Waals surface area contributed by atoms with Gasteiger partial charge < -0.3 is 0 Å². The second kappa shape index (κ2) is 4.73. The minimum atomic E-state index is 0.252. The van der Waals surface area contributed by atoms with E-state index in [0.29, 0.717) is 7.92 Å². The Morgan fingerprint density at radius 1 is 1.25 bits per heavy atom. The average molecular weight is 202 g/mol. The highest BCUT2D eigenvalue weighted by Crippen LogP contribution is 2.46. The van der Waals surface area contributed by atoms with Gasteiger partial charge >= 0.3 is 0 Å². The summed E-state index contributed by atoms with van der Waals surface area (Å²) in [6, 6.07) is 0. The van der Waals surface area contributed by atoms with Crippen LogP contribution in [0.3, 0.4) is 0 Å². The number of allylic oxidation sites excluding steroid dienone is 2. The quantitative estimate of drug-likeness (QED) is 0.486. The largest absolute Gasteiger partial charge is 0.113 e. The smallest absolute Gasteiger partial charge is 0.00000506 e. The van der Waals surface area contributed by atoms with Gasteiger partial charge in [0.1, 0.15) is 0 Å². The lowest BCUT2D eigenvalue weighted by molar-refractivity contribution is 0.653. The fraction of sp³-hybridized carbons (Fsp3) is 0.800. The summed E-state index contributed by atoms with van der Waals surface area (Å²) in [6.07, 6.45) is 7.70. The molecule has 12 heavy (non-hydrogen) atoms. The van der Waals surface area contributed by atoms with Gasteiger partial charge in [-0.25, -0.2) is 0 Å². The van der Waals surface area contributed by atoms with Gasteiger partial charge in [0.25, 0.3) is 0 Å². The van der Waals surface area contributed by atoms with Crippen LogP contribution in [-0.4, -0.2) is 38.5 Å². The van der Waals surface area contributed by atoms with E-state index in [1.54, 1.807) is 0 Å². The summed E-state index contributed by atoms with van der Waals surface area (Å²) in [6.45, 7) is 9.63. The first kappa shape index (κ1) is 10.7. The van der Waals surface area contributed by atoms with Gasteiger partial charge in [-0.3, -0.25) is 0 Å². The standard InChI is InChI=1S/C10H20P2/c1-11(2)8-9-6-5-7-10(9)12(3)4/h5,7,9-10H,6,8H2,1-4H3/t9?,10-/m0/s1. The van der Waals surface area contributed by atoms with Gasteiger partial charge in [-0.1, -0.05) is 12.2 Å². The van der Waals surface area contributed by atoms with Crippen LogP contribution in [0.15, 0.2) is 12.2 Å². The normalized spacial score (nSPS) is 29.2. The van der Waals surface area contributed by atoms with Crippen LogP contribution < -0.4 is 0 Å². The molecule has 0 bridgehead atoms. The number of hydrogen-bond acceptors (Lipinski definition) is 0. The van der Waals surface area contributed by atoms with Gasteiger partial charge in [-0.05, 0) is 45.2 Å². The molecule has 70 valence electrons. The molecule has 0 spiro atoms. The minimum Gasteiger partial charge on any atom is -0.113 e. The summed E-state index contributed by atoms with van der Waals surface area (Å²) < 4.78 is 0. The van der Waals surface area contributed by atoms with E-state index in [1.165, 1.54) is 12.6 Å². The van der Waals surface area contributed by atoms with Crippen LogP contribution in [0, 0.1) is 5.92 Å². The molecule has 0 nitrogen and oxygen atoms in total. The molecule has 0 fully saturated rings. The summed E-state index contributed by atoms with van der Waals surface area (Å²) in [5.41, 5.74) is 0.935. The van der Waals surface area contributed by atoms with Gasteiger partial charge in [0.15, 0.2) is 0 Å². The summed E-state index contributed by atoms with van der Waals surface area (Å²) >= 11 is 0. The van der Waals surface area contributed by atoms with Crippen molar-refractivity contribution < 1.29 is 0 Å². The Kier molecular flexibility index (Phi) is 4.21. The van der Waals surface area contributed by atoms with Crippen LogP contribution in [0.2, 0.25) is 0 Å². The molecule has 0 radical (unpaired) electrons. The lowest BCUT2D eigenvalue weighted by Gasteiger charge is -2.24. The third kappa shape index (κ3) is 2.82. The lowest BCUT2D eigenvalue weighted by Crippen LogP contribution is -2.14. The molecular weight excluding hydrogens is 182 g/mol. The van der Waals surface area contributed by atoms with E-state index in [4.69, 9.17) is 0 Å².